The zero-order valence-corrected chi connectivity index (χ0v) is 18.4. The Morgan fingerprint density at radius 3 is 2.34 bits per heavy atom. The minimum atomic E-state index is -1.38. The molecule has 1 aromatic heterocycles. The highest BCUT2D eigenvalue weighted by Crippen LogP contribution is 2.23. The van der Waals surface area contributed by atoms with Crippen LogP contribution in [0, 0.1) is 23.0 Å². The van der Waals surface area contributed by atoms with Crippen molar-refractivity contribution in [1.82, 2.24) is 15.3 Å². The Morgan fingerprint density at radius 2 is 1.74 bits per heavy atom. The van der Waals surface area contributed by atoms with Crippen molar-refractivity contribution in [1.29, 1.82) is 5.26 Å². The average molecular weight is 477 g/mol. The number of carboxylic acid groups (broad SMARTS) is 1. The maximum absolute atomic E-state index is 13.8. The number of rotatable bonds is 10. The van der Waals surface area contributed by atoms with Crippen LogP contribution < -0.4 is 10.2 Å². The fourth-order valence-electron chi connectivity index (χ4n) is 3.21. The van der Waals surface area contributed by atoms with Crippen molar-refractivity contribution < 1.29 is 23.5 Å². The average Bonchev–Trinajstić information content (AvgIpc) is 2.85. The van der Waals surface area contributed by atoms with Gasteiger partial charge in [-0.2, -0.15) is 5.26 Å². The molecule has 2 aromatic carbocycles. The van der Waals surface area contributed by atoms with Gasteiger partial charge < -0.3 is 15.3 Å². The Labute approximate surface area is 200 Å². The van der Waals surface area contributed by atoms with Crippen molar-refractivity contribution in [2.75, 3.05) is 11.4 Å². The standard InChI is InChI=1S/C25H21F2N5O3/c26-19-6-2-7-20(27)22(19)23(33)31-21(24(34)35)8-1-5-17-9-11-18(12-10-17)32(16-3-13-28)25-29-14-4-15-30-25/h1-2,4-7,9-12,14-15,21H,3,8,16H2,(H,31,33)(H,34,35). The van der Waals surface area contributed by atoms with Crippen LogP contribution in [0.4, 0.5) is 20.4 Å². The van der Waals surface area contributed by atoms with Gasteiger partial charge in [0.1, 0.15) is 23.2 Å². The molecule has 1 unspecified atom stereocenters. The third-order valence-electron chi connectivity index (χ3n) is 4.92. The topological polar surface area (TPSA) is 119 Å². The molecular weight excluding hydrogens is 456 g/mol. The predicted molar refractivity (Wildman–Crippen MR) is 125 cm³/mol. The summed E-state index contributed by atoms with van der Waals surface area (Å²) in [6, 6.07) is 12.6. The molecule has 1 amide bonds. The van der Waals surface area contributed by atoms with Crippen LogP contribution >= 0.6 is 0 Å². The first-order valence-corrected chi connectivity index (χ1v) is 10.6. The van der Waals surface area contributed by atoms with Gasteiger partial charge in [-0.3, -0.25) is 4.79 Å². The molecule has 0 saturated carbocycles. The number of carbonyl (C=O) groups excluding carboxylic acids is 1. The highest BCUT2D eigenvalue weighted by molar-refractivity contribution is 5.97. The molecule has 3 aromatic rings. The van der Waals surface area contributed by atoms with Gasteiger partial charge in [-0.25, -0.2) is 23.5 Å². The van der Waals surface area contributed by atoms with E-state index in [9.17, 15) is 23.5 Å². The van der Waals surface area contributed by atoms with Gasteiger partial charge in [-0.05, 0) is 42.3 Å². The van der Waals surface area contributed by atoms with Crippen LogP contribution in [-0.2, 0) is 4.79 Å². The maximum atomic E-state index is 13.8. The first-order chi connectivity index (χ1) is 16.9. The SMILES string of the molecule is N#CCCN(c1ccc(C=CCC(NC(=O)c2c(F)cccc2F)C(=O)O)cc1)c1ncccn1. The van der Waals surface area contributed by atoms with E-state index in [1.807, 2.05) is 12.1 Å². The van der Waals surface area contributed by atoms with E-state index in [1.54, 1.807) is 47.6 Å². The normalized spacial score (nSPS) is 11.6. The van der Waals surface area contributed by atoms with E-state index in [0.29, 0.717) is 12.5 Å². The van der Waals surface area contributed by atoms with Crippen molar-refractivity contribution in [2.24, 2.45) is 0 Å². The summed E-state index contributed by atoms with van der Waals surface area (Å²) in [5.41, 5.74) is 0.687. The van der Waals surface area contributed by atoms with Gasteiger partial charge in [0, 0.05) is 24.6 Å². The van der Waals surface area contributed by atoms with E-state index in [4.69, 9.17) is 5.26 Å². The van der Waals surface area contributed by atoms with Crippen LogP contribution in [0.3, 0.4) is 0 Å². The number of benzene rings is 2. The van der Waals surface area contributed by atoms with Crippen LogP contribution in [-0.4, -0.2) is 39.5 Å². The van der Waals surface area contributed by atoms with Crippen molar-refractivity contribution in [3.8, 4) is 6.07 Å². The number of aromatic nitrogens is 2. The van der Waals surface area contributed by atoms with Crippen LogP contribution in [0.1, 0.15) is 28.8 Å². The number of aliphatic carboxylic acids is 1. The van der Waals surface area contributed by atoms with Gasteiger partial charge in [-0.15, -0.1) is 0 Å². The van der Waals surface area contributed by atoms with Crippen molar-refractivity contribution >= 4 is 29.6 Å². The molecule has 178 valence electrons. The number of nitriles is 1. The summed E-state index contributed by atoms with van der Waals surface area (Å²) in [5, 5.41) is 20.5. The molecule has 0 bridgehead atoms. The molecule has 0 saturated heterocycles. The smallest absolute Gasteiger partial charge is 0.326 e. The van der Waals surface area contributed by atoms with Gasteiger partial charge >= 0.3 is 5.97 Å². The van der Waals surface area contributed by atoms with E-state index >= 15 is 0 Å². The fraction of sp³-hybridized carbons (Fsp3) is 0.160. The summed E-state index contributed by atoms with van der Waals surface area (Å²) in [6.07, 6.45) is 6.59. The molecule has 0 radical (unpaired) electrons. The zero-order chi connectivity index (χ0) is 25.2. The lowest BCUT2D eigenvalue weighted by atomic mass is 10.1. The van der Waals surface area contributed by atoms with E-state index in [1.165, 1.54) is 0 Å². The molecule has 8 nitrogen and oxygen atoms in total. The number of carbonyl (C=O) groups is 2. The number of halogens is 2. The van der Waals surface area contributed by atoms with Crippen LogP contribution in [0.15, 0.2) is 67.0 Å². The number of hydrogen-bond acceptors (Lipinski definition) is 6. The highest BCUT2D eigenvalue weighted by atomic mass is 19.1. The van der Waals surface area contributed by atoms with Crippen LogP contribution in [0.25, 0.3) is 6.08 Å². The Morgan fingerprint density at radius 1 is 1.09 bits per heavy atom. The number of carboxylic acids is 1. The number of nitrogens with zero attached hydrogens (tertiary/aromatic N) is 4. The largest absolute Gasteiger partial charge is 0.480 e. The van der Waals surface area contributed by atoms with Crippen molar-refractivity contribution in [3.05, 3.63) is 89.8 Å². The number of anilines is 2. The second-order valence-corrected chi connectivity index (χ2v) is 7.30. The molecule has 10 heteroatoms. The summed E-state index contributed by atoms with van der Waals surface area (Å²) in [4.78, 5) is 34.0. The Balaban J connectivity index is 1.68. The Bertz CT molecular complexity index is 1220. The third kappa shape index (κ3) is 6.68. The molecular formula is C25H21F2N5O3. The maximum Gasteiger partial charge on any atom is 0.326 e. The molecule has 1 heterocycles. The van der Waals surface area contributed by atoms with Crippen molar-refractivity contribution in [3.63, 3.8) is 0 Å². The molecule has 0 aliphatic heterocycles. The number of hydrogen-bond donors (Lipinski definition) is 2. The quantitative estimate of drug-likeness (QED) is 0.451. The zero-order valence-electron chi connectivity index (χ0n) is 18.4. The second-order valence-electron chi connectivity index (χ2n) is 7.30. The van der Waals surface area contributed by atoms with Gasteiger partial charge in [-0.1, -0.05) is 30.4 Å². The van der Waals surface area contributed by atoms with E-state index in [0.717, 1.165) is 29.4 Å². The highest BCUT2D eigenvalue weighted by Gasteiger charge is 2.23. The summed E-state index contributed by atoms with van der Waals surface area (Å²) in [6.45, 7) is 0.401. The molecule has 0 spiro atoms. The van der Waals surface area contributed by atoms with E-state index in [2.05, 4.69) is 21.4 Å². The lowest BCUT2D eigenvalue weighted by Crippen LogP contribution is -2.41. The van der Waals surface area contributed by atoms with Gasteiger partial charge in [0.2, 0.25) is 5.95 Å². The summed E-state index contributed by atoms with van der Waals surface area (Å²) in [5.74, 6) is -4.19. The first-order valence-electron chi connectivity index (χ1n) is 10.6. The molecule has 1 atom stereocenters. The molecule has 0 fully saturated rings. The Hall–Kier alpha value is -4.65. The minimum absolute atomic E-state index is 0.106. The minimum Gasteiger partial charge on any atom is -0.480 e. The van der Waals surface area contributed by atoms with Gasteiger partial charge in [0.15, 0.2) is 0 Å². The van der Waals surface area contributed by atoms with Crippen LogP contribution in [0.2, 0.25) is 0 Å². The summed E-state index contributed by atoms with van der Waals surface area (Å²) < 4.78 is 27.6. The Kier molecular flexibility index (Phi) is 8.56. The molecule has 0 aliphatic rings. The van der Waals surface area contributed by atoms with E-state index < -0.39 is 35.1 Å². The van der Waals surface area contributed by atoms with Gasteiger partial charge in [0.25, 0.3) is 5.91 Å². The third-order valence-corrected chi connectivity index (χ3v) is 4.92. The van der Waals surface area contributed by atoms with Gasteiger partial charge in [0.05, 0.1) is 12.5 Å². The lowest BCUT2D eigenvalue weighted by Gasteiger charge is -2.21. The number of amides is 1. The predicted octanol–water partition coefficient (Wildman–Crippen LogP) is 4.09. The second kappa shape index (κ2) is 12.0. The molecule has 3 rings (SSSR count). The number of nitrogens with one attached hydrogen (secondary N) is 1. The molecule has 0 aliphatic carbocycles. The van der Waals surface area contributed by atoms with Crippen molar-refractivity contribution in [2.45, 2.75) is 18.9 Å². The van der Waals surface area contributed by atoms with E-state index in [-0.39, 0.29) is 12.8 Å². The fourth-order valence-corrected chi connectivity index (χ4v) is 3.21. The first kappa shape index (κ1) is 25.0. The molecule has 35 heavy (non-hydrogen) atoms. The monoisotopic (exact) mass is 477 g/mol. The van der Waals surface area contributed by atoms with Crippen LogP contribution in [0.5, 0.6) is 0 Å². The summed E-state index contributed by atoms with van der Waals surface area (Å²) >= 11 is 0. The lowest BCUT2D eigenvalue weighted by molar-refractivity contribution is -0.139. The summed E-state index contributed by atoms with van der Waals surface area (Å²) in [7, 11) is 0. The molecule has 2 N–H and O–H groups in total.